The minimum Gasteiger partial charge on any atom is -0.314 e. The van der Waals surface area contributed by atoms with Crippen molar-refractivity contribution in [2.75, 3.05) is 26.7 Å². The molecule has 0 bridgehead atoms. The van der Waals surface area contributed by atoms with Crippen LogP contribution in [-0.2, 0) is 0 Å². The fraction of sp³-hybridized carbons (Fsp3) is 0.625. The van der Waals surface area contributed by atoms with E-state index in [4.69, 9.17) is 0 Å². The van der Waals surface area contributed by atoms with E-state index >= 15 is 0 Å². The summed E-state index contributed by atoms with van der Waals surface area (Å²) in [6.07, 6.45) is 3.84. The molecule has 1 heterocycles. The first-order valence-electron chi connectivity index (χ1n) is 7.22. The summed E-state index contributed by atoms with van der Waals surface area (Å²) >= 11 is 0. The highest BCUT2D eigenvalue weighted by atomic mass is 15.1. The average Bonchev–Trinajstić information content (AvgIpc) is 2.42. The number of hydrogen-bond acceptors (Lipinski definition) is 2. The van der Waals surface area contributed by atoms with E-state index in [-0.39, 0.29) is 0 Å². The molecule has 1 saturated heterocycles. The van der Waals surface area contributed by atoms with Crippen LogP contribution < -0.4 is 5.32 Å². The standard InChI is InChI=1S/C16H26N2/c1-14(15-6-4-3-5-7-15)8-11-17-16-9-12-18(2)13-10-16/h3-7,14,16-17H,8-13H2,1-2H3. The first-order valence-corrected chi connectivity index (χ1v) is 7.22. The monoisotopic (exact) mass is 246 g/mol. The molecule has 0 radical (unpaired) electrons. The summed E-state index contributed by atoms with van der Waals surface area (Å²) in [5.41, 5.74) is 1.46. The number of likely N-dealkylation sites (tertiary alicyclic amines) is 1. The molecule has 1 N–H and O–H groups in total. The predicted molar refractivity (Wildman–Crippen MR) is 78.0 cm³/mol. The second kappa shape index (κ2) is 6.91. The Hall–Kier alpha value is -0.860. The van der Waals surface area contributed by atoms with Crippen molar-refractivity contribution < 1.29 is 0 Å². The quantitative estimate of drug-likeness (QED) is 0.859. The third kappa shape index (κ3) is 4.11. The minimum absolute atomic E-state index is 0.657. The molecule has 2 heteroatoms. The van der Waals surface area contributed by atoms with Crippen molar-refractivity contribution in [1.82, 2.24) is 10.2 Å². The number of rotatable bonds is 5. The highest BCUT2D eigenvalue weighted by Crippen LogP contribution is 2.18. The van der Waals surface area contributed by atoms with Gasteiger partial charge in [0, 0.05) is 6.04 Å². The molecular weight excluding hydrogens is 220 g/mol. The van der Waals surface area contributed by atoms with Crippen LogP contribution in [0.4, 0.5) is 0 Å². The van der Waals surface area contributed by atoms with Gasteiger partial charge in [0.2, 0.25) is 0 Å². The van der Waals surface area contributed by atoms with Crippen LogP contribution in [0.2, 0.25) is 0 Å². The van der Waals surface area contributed by atoms with Crippen molar-refractivity contribution in [3.63, 3.8) is 0 Å². The molecular formula is C16H26N2. The van der Waals surface area contributed by atoms with Crippen LogP contribution in [0.25, 0.3) is 0 Å². The highest BCUT2D eigenvalue weighted by molar-refractivity contribution is 5.18. The van der Waals surface area contributed by atoms with E-state index in [9.17, 15) is 0 Å². The van der Waals surface area contributed by atoms with Crippen LogP contribution in [0, 0.1) is 0 Å². The fourth-order valence-electron chi connectivity index (χ4n) is 2.66. The van der Waals surface area contributed by atoms with Crippen LogP contribution >= 0.6 is 0 Å². The van der Waals surface area contributed by atoms with Gasteiger partial charge in [0.15, 0.2) is 0 Å². The predicted octanol–water partition coefficient (Wildman–Crippen LogP) is 2.86. The zero-order valence-corrected chi connectivity index (χ0v) is 11.7. The topological polar surface area (TPSA) is 15.3 Å². The summed E-state index contributed by atoms with van der Waals surface area (Å²) in [5, 5.41) is 3.72. The van der Waals surface area contributed by atoms with Crippen molar-refractivity contribution in [3.05, 3.63) is 35.9 Å². The number of hydrogen-bond donors (Lipinski definition) is 1. The van der Waals surface area contributed by atoms with Gasteiger partial charge in [-0.3, -0.25) is 0 Å². The molecule has 0 aromatic heterocycles. The molecule has 18 heavy (non-hydrogen) atoms. The zero-order valence-electron chi connectivity index (χ0n) is 11.7. The van der Waals surface area contributed by atoms with E-state index in [2.05, 4.69) is 54.5 Å². The second-order valence-electron chi connectivity index (χ2n) is 5.63. The SMILES string of the molecule is CC(CCNC1CCN(C)CC1)c1ccccc1. The number of benzene rings is 1. The lowest BCUT2D eigenvalue weighted by atomic mass is 9.97. The number of piperidine rings is 1. The normalized spacial score (nSPS) is 19.9. The average molecular weight is 246 g/mol. The van der Waals surface area contributed by atoms with Gasteiger partial charge in [-0.15, -0.1) is 0 Å². The van der Waals surface area contributed by atoms with Crippen molar-refractivity contribution in [3.8, 4) is 0 Å². The Balaban J connectivity index is 1.66. The van der Waals surface area contributed by atoms with E-state index in [1.165, 1.54) is 37.9 Å². The molecule has 1 atom stereocenters. The van der Waals surface area contributed by atoms with E-state index < -0.39 is 0 Å². The highest BCUT2D eigenvalue weighted by Gasteiger charge is 2.15. The molecule has 1 fully saturated rings. The Morgan fingerprint density at radius 3 is 2.56 bits per heavy atom. The molecule has 0 aliphatic carbocycles. The van der Waals surface area contributed by atoms with Crippen molar-refractivity contribution in [2.24, 2.45) is 0 Å². The van der Waals surface area contributed by atoms with Crippen LogP contribution in [0.3, 0.4) is 0 Å². The van der Waals surface area contributed by atoms with Gasteiger partial charge in [0.1, 0.15) is 0 Å². The maximum atomic E-state index is 3.72. The molecule has 0 saturated carbocycles. The van der Waals surface area contributed by atoms with Gasteiger partial charge in [-0.1, -0.05) is 37.3 Å². The van der Waals surface area contributed by atoms with E-state index in [1.54, 1.807) is 0 Å². The fourth-order valence-corrected chi connectivity index (χ4v) is 2.66. The minimum atomic E-state index is 0.657. The van der Waals surface area contributed by atoms with Crippen LogP contribution in [0.15, 0.2) is 30.3 Å². The van der Waals surface area contributed by atoms with Crippen LogP contribution in [0.1, 0.15) is 37.7 Å². The second-order valence-corrected chi connectivity index (χ2v) is 5.63. The lowest BCUT2D eigenvalue weighted by Crippen LogP contribution is -2.41. The van der Waals surface area contributed by atoms with E-state index in [0.717, 1.165) is 12.6 Å². The van der Waals surface area contributed by atoms with Gasteiger partial charge in [0.05, 0.1) is 0 Å². The molecule has 1 aliphatic heterocycles. The first-order chi connectivity index (χ1) is 8.75. The third-order valence-electron chi connectivity index (χ3n) is 4.10. The largest absolute Gasteiger partial charge is 0.314 e. The van der Waals surface area contributed by atoms with Crippen molar-refractivity contribution in [1.29, 1.82) is 0 Å². The molecule has 1 aromatic carbocycles. The van der Waals surface area contributed by atoms with Crippen molar-refractivity contribution >= 4 is 0 Å². The Kier molecular flexibility index (Phi) is 5.21. The molecule has 2 nitrogen and oxygen atoms in total. The maximum Gasteiger partial charge on any atom is 0.00914 e. The number of nitrogens with one attached hydrogen (secondary N) is 1. The van der Waals surface area contributed by atoms with E-state index in [0.29, 0.717) is 5.92 Å². The summed E-state index contributed by atoms with van der Waals surface area (Å²) in [5.74, 6) is 0.657. The van der Waals surface area contributed by atoms with Gasteiger partial charge in [-0.25, -0.2) is 0 Å². The Morgan fingerprint density at radius 2 is 1.89 bits per heavy atom. The smallest absolute Gasteiger partial charge is 0.00914 e. The summed E-state index contributed by atoms with van der Waals surface area (Å²) < 4.78 is 0. The summed E-state index contributed by atoms with van der Waals surface area (Å²) in [7, 11) is 2.22. The van der Waals surface area contributed by atoms with Gasteiger partial charge in [-0.2, -0.15) is 0 Å². The molecule has 0 amide bonds. The number of nitrogens with zero attached hydrogens (tertiary/aromatic N) is 1. The summed E-state index contributed by atoms with van der Waals surface area (Å²) in [4.78, 5) is 2.42. The summed E-state index contributed by atoms with van der Waals surface area (Å²) in [6, 6.07) is 11.6. The third-order valence-corrected chi connectivity index (χ3v) is 4.10. The van der Waals surface area contributed by atoms with Gasteiger partial charge in [-0.05, 0) is 57.4 Å². The summed E-state index contributed by atoms with van der Waals surface area (Å²) in [6.45, 7) is 5.95. The molecule has 0 spiro atoms. The molecule has 1 aromatic rings. The lowest BCUT2D eigenvalue weighted by Gasteiger charge is -2.29. The van der Waals surface area contributed by atoms with Crippen LogP contribution in [-0.4, -0.2) is 37.6 Å². The molecule has 1 aliphatic rings. The van der Waals surface area contributed by atoms with E-state index in [1.807, 2.05) is 0 Å². The molecule has 100 valence electrons. The van der Waals surface area contributed by atoms with Gasteiger partial charge in [0.25, 0.3) is 0 Å². The Morgan fingerprint density at radius 1 is 1.22 bits per heavy atom. The Labute approximate surface area is 111 Å². The molecule has 1 unspecified atom stereocenters. The van der Waals surface area contributed by atoms with Crippen molar-refractivity contribution in [2.45, 2.75) is 38.1 Å². The molecule has 2 rings (SSSR count). The zero-order chi connectivity index (χ0) is 12.8. The first kappa shape index (κ1) is 13.6. The van der Waals surface area contributed by atoms with Gasteiger partial charge >= 0.3 is 0 Å². The van der Waals surface area contributed by atoms with Gasteiger partial charge < -0.3 is 10.2 Å². The lowest BCUT2D eigenvalue weighted by molar-refractivity contribution is 0.234. The van der Waals surface area contributed by atoms with Crippen LogP contribution in [0.5, 0.6) is 0 Å². The maximum absolute atomic E-state index is 3.72. The Bertz CT molecular complexity index is 328.